The number of amides is 1. The molecule has 2 aromatic rings. The number of thioether (sulfide) groups is 1. The molecule has 0 unspecified atom stereocenters. The fourth-order valence-electron chi connectivity index (χ4n) is 1.98. The van der Waals surface area contributed by atoms with E-state index in [0.29, 0.717) is 10.0 Å². The Labute approximate surface area is 137 Å². The maximum absolute atomic E-state index is 12.2. The van der Waals surface area contributed by atoms with Crippen LogP contribution < -0.4 is 4.90 Å². The van der Waals surface area contributed by atoms with E-state index in [1.165, 1.54) is 0 Å². The van der Waals surface area contributed by atoms with E-state index < -0.39 is 0 Å². The van der Waals surface area contributed by atoms with Crippen LogP contribution in [0.2, 0.25) is 5.02 Å². The van der Waals surface area contributed by atoms with Gasteiger partial charge >= 0.3 is 0 Å². The Balaban J connectivity index is 1.92. The minimum Gasteiger partial charge on any atom is -0.261 e. The molecule has 2 nitrogen and oxygen atoms in total. The Morgan fingerprint density at radius 2 is 1.71 bits per heavy atom. The van der Waals surface area contributed by atoms with Crippen LogP contribution in [0.1, 0.15) is 5.56 Å². The zero-order valence-electron chi connectivity index (χ0n) is 10.8. The third kappa shape index (κ3) is 3.02. The second-order valence-corrected chi connectivity index (χ2v) is 6.22. The summed E-state index contributed by atoms with van der Waals surface area (Å²) in [6.07, 6.45) is 1.91. The van der Waals surface area contributed by atoms with Gasteiger partial charge in [-0.25, -0.2) is 0 Å². The molecule has 1 fully saturated rings. The Kier molecular flexibility index (Phi) is 4.10. The summed E-state index contributed by atoms with van der Waals surface area (Å²) in [4.78, 5) is 15.0. The van der Waals surface area contributed by atoms with Crippen molar-refractivity contribution in [2.45, 2.75) is 0 Å². The zero-order valence-corrected chi connectivity index (χ0v) is 13.2. The predicted molar refractivity (Wildman–Crippen MR) is 93.9 cm³/mol. The summed E-state index contributed by atoms with van der Waals surface area (Å²) in [6, 6.07) is 16.8. The normalized spacial score (nSPS) is 16.8. The summed E-state index contributed by atoms with van der Waals surface area (Å²) < 4.78 is 0. The van der Waals surface area contributed by atoms with Gasteiger partial charge in [0.15, 0.2) is 0 Å². The highest BCUT2D eigenvalue weighted by Gasteiger charge is 2.32. The number of anilines is 1. The van der Waals surface area contributed by atoms with Crippen LogP contribution in [0, 0.1) is 0 Å². The molecule has 0 aromatic heterocycles. The molecule has 0 N–H and O–H groups in total. The van der Waals surface area contributed by atoms with Crippen LogP contribution in [0.15, 0.2) is 59.5 Å². The predicted octanol–water partition coefficient (Wildman–Crippen LogP) is 5.38. The van der Waals surface area contributed by atoms with E-state index in [0.717, 1.165) is 27.9 Å². The number of nitrogens with zero attached hydrogens (tertiary/aromatic N) is 1. The van der Waals surface area contributed by atoms with E-state index in [9.17, 15) is 4.79 Å². The maximum atomic E-state index is 12.2. The van der Waals surface area contributed by atoms with Crippen LogP contribution in [0.4, 0.5) is 10.5 Å². The van der Waals surface area contributed by atoms with Gasteiger partial charge in [0, 0.05) is 5.02 Å². The van der Waals surface area contributed by atoms with Crippen molar-refractivity contribution in [1.29, 1.82) is 0 Å². The Bertz CT molecular complexity index is 726. The minimum absolute atomic E-state index is 0.0774. The van der Waals surface area contributed by atoms with Crippen LogP contribution >= 0.6 is 35.6 Å². The molecule has 0 spiro atoms. The van der Waals surface area contributed by atoms with Gasteiger partial charge in [-0.15, -0.1) is 0 Å². The van der Waals surface area contributed by atoms with Crippen LogP contribution in [-0.4, -0.2) is 10.2 Å². The van der Waals surface area contributed by atoms with Crippen molar-refractivity contribution in [3.8, 4) is 0 Å². The molecule has 5 heteroatoms. The van der Waals surface area contributed by atoms with E-state index in [1.807, 2.05) is 60.7 Å². The zero-order chi connectivity index (χ0) is 14.8. The second-order valence-electron chi connectivity index (χ2n) is 4.40. The first-order valence-corrected chi connectivity index (χ1v) is 7.84. The molecule has 21 heavy (non-hydrogen) atoms. The monoisotopic (exact) mass is 331 g/mol. The van der Waals surface area contributed by atoms with Crippen LogP contribution in [-0.2, 0) is 0 Å². The number of halogens is 1. The van der Waals surface area contributed by atoms with Crippen molar-refractivity contribution in [3.05, 3.63) is 70.1 Å². The van der Waals surface area contributed by atoms with E-state index >= 15 is 0 Å². The molecule has 1 aliphatic heterocycles. The van der Waals surface area contributed by atoms with Gasteiger partial charge in [-0.1, -0.05) is 54.2 Å². The van der Waals surface area contributed by atoms with E-state index in [-0.39, 0.29) is 5.24 Å². The third-order valence-electron chi connectivity index (χ3n) is 2.98. The molecular formula is C16H10ClNOS2. The van der Waals surface area contributed by atoms with Gasteiger partial charge < -0.3 is 0 Å². The first-order valence-electron chi connectivity index (χ1n) is 6.24. The molecule has 0 aliphatic carbocycles. The molecule has 1 saturated heterocycles. The van der Waals surface area contributed by atoms with Crippen molar-refractivity contribution >= 4 is 57.6 Å². The van der Waals surface area contributed by atoms with E-state index in [2.05, 4.69) is 0 Å². The average molecular weight is 332 g/mol. The Morgan fingerprint density at radius 1 is 1.05 bits per heavy atom. The van der Waals surface area contributed by atoms with E-state index in [1.54, 1.807) is 4.90 Å². The molecule has 3 rings (SSSR count). The number of carbonyl (C=O) groups excluding carboxylic acids is 1. The lowest BCUT2D eigenvalue weighted by Gasteiger charge is -2.14. The lowest BCUT2D eigenvalue weighted by Crippen LogP contribution is -2.26. The fraction of sp³-hybridized carbons (Fsp3) is 0. The van der Waals surface area contributed by atoms with Crippen molar-refractivity contribution in [2.24, 2.45) is 0 Å². The molecule has 0 saturated carbocycles. The third-order valence-corrected chi connectivity index (χ3v) is 4.65. The molecule has 0 bridgehead atoms. The number of hydrogen-bond donors (Lipinski definition) is 0. The first-order chi connectivity index (χ1) is 10.1. The summed E-state index contributed by atoms with van der Waals surface area (Å²) in [6.45, 7) is 0. The van der Waals surface area contributed by atoms with Gasteiger partial charge in [0.25, 0.3) is 5.24 Å². The van der Waals surface area contributed by atoms with Gasteiger partial charge in [-0.3, -0.25) is 9.69 Å². The smallest absolute Gasteiger partial charge is 0.261 e. The summed E-state index contributed by atoms with van der Waals surface area (Å²) in [7, 11) is 0. The lowest BCUT2D eigenvalue weighted by atomic mass is 10.2. The Hall–Kier alpha value is -1.62. The number of carbonyl (C=O) groups is 1. The van der Waals surface area contributed by atoms with Crippen LogP contribution in [0.25, 0.3) is 6.08 Å². The lowest BCUT2D eigenvalue weighted by molar-refractivity contribution is 0.268. The number of thiocarbonyl (C=S) groups is 1. The molecule has 1 amide bonds. The molecule has 2 aromatic carbocycles. The summed E-state index contributed by atoms with van der Waals surface area (Å²) in [5.41, 5.74) is 1.76. The molecular weight excluding hydrogens is 322 g/mol. The minimum atomic E-state index is -0.0774. The maximum Gasteiger partial charge on any atom is 0.296 e. The summed E-state index contributed by atoms with van der Waals surface area (Å²) in [5, 5.41) is 0.604. The van der Waals surface area contributed by atoms with Crippen molar-refractivity contribution in [2.75, 3.05) is 4.90 Å². The molecule has 1 aliphatic rings. The Morgan fingerprint density at radius 3 is 2.38 bits per heavy atom. The number of rotatable bonds is 2. The number of para-hydroxylation sites is 1. The standard InChI is InChI=1S/C16H10ClNOS2/c17-12-8-6-11(7-9-12)10-14-15(20)18(16(19)21-14)13-4-2-1-3-5-13/h1-10H. The topological polar surface area (TPSA) is 20.3 Å². The van der Waals surface area contributed by atoms with Gasteiger partial charge in [0.2, 0.25) is 0 Å². The van der Waals surface area contributed by atoms with E-state index in [4.69, 9.17) is 23.8 Å². The largest absolute Gasteiger partial charge is 0.296 e. The van der Waals surface area contributed by atoms with Gasteiger partial charge in [0.1, 0.15) is 4.99 Å². The quantitative estimate of drug-likeness (QED) is 0.544. The van der Waals surface area contributed by atoms with Crippen molar-refractivity contribution < 1.29 is 4.79 Å². The van der Waals surface area contributed by atoms with Gasteiger partial charge in [-0.2, -0.15) is 0 Å². The van der Waals surface area contributed by atoms with Crippen molar-refractivity contribution in [3.63, 3.8) is 0 Å². The van der Waals surface area contributed by atoms with Gasteiger partial charge in [0.05, 0.1) is 10.6 Å². The highest BCUT2D eigenvalue weighted by molar-refractivity contribution is 8.20. The van der Waals surface area contributed by atoms with Gasteiger partial charge in [-0.05, 0) is 47.7 Å². The SMILES string of the molecule is O=C1SC(=Cc2ccc(Cl)cc2)C(=S)N1c1ccccc1. The first kappa shape index (κ1) is 14.3. The second kappa shape index (κ2) is 6.02. The summed E-state index contributed by atoms with van der Waals surface area (Å²) >= 11 is 12.5. The van der Waals surface area contributed by atoms with Crippen molar-refractivity contribution in [1.82, 2.24) is 0 Å². The highest BCUT2D eigenvalue weighted by Crippen LogP contribution is 2.36. The average Bonchev–Trinajstić information content (AvgIpc) is 2.77. The summed E-state index contributed by atoms with van der Waals surface area (Å²) in [5.74, 6) is 0. The van der Waals surface area contributed by atoms with Crippen LogP contribution in [0.3, 0.4) is 0 Å². The molecule has 104 valence electrons. The molecule has 1 heterocycles. The fourth-order valence-corrected chi connectivity index (χ4v) is 3.38. The molecule has 0 atom stereocenters. The van der Waals surface area contributed by atoms with Crippen LogP contribution in [0.5, 0.6) is 0 Å². The number of hydrogen-bond acceptors (Lipinski definition) is 3. The number of benzene rings is 2. The highest BCUT2D eigenvalue weighted by atomic mass is 35.5. The molecule has 0 radical (unpaired) electrons.